The van der Waals surface area contributed by atoms with Crippen LogP contribution in [0.25, 0.3) is 0 Å². The minimum absolute atomic E-state index is 0.0417. The maximum atomic E-state index is 12.8. The highest BCUT2D eigenvalue weighted by Crippen LogP contribution is 2.32. The molecule has 2 amide bonds. The Morgan fingerprint density at radius 3 is 2.17 bits per heavy atom. The molecule has 2 aromatic carbocycles. The molecule has 23 heavy (non-hydrogen) atoms. The Labute approximate surface area is 148 Å². The molecule has 1 N–H and O–H groups in total. The van der Waals surface area contributed by atoms with Crippen LogP contribution in [0.4, 0.5) is 16.2 Å². The van der Waals surface area contributed by atoms with E-state index in [-0.39, 0.29) is 10.8 Å². The number of hydrogen-bond acceptors (Lipinski definition) is 3. The molecule has 1 aliphatic heterocycles. The number of carbonyl (C=O) groups excluding carboxylic acids is 1. The molecule has 0 unspecified atom stereocenters. The lowest BCUT2D eigenvalue weighted by atomic mass is 10.2. The van der Waals surface area contributed by atoms with Crippen molar-refractivity contribution in [1.29, 1.82) is 5.41 Å². The van der Waals surface area contributed by atoms with Crippen molar-refractivity contribution in [2.75, 3.05) is 9.80 Å². The van der Waals surface area contributed by atoms with Gasteiger partial charge in [-0.2, -0.15) is 0 Å². The van der Waals surface area contributed by atoms with Crippen LogP contribution in [0.1, 0.15) is 5.56 Å². The summed E-state index contributed by atoms with van der Waals surface area (Å²) in [4.78, 5) is 15.4. The lowest BCUT2D eigenvalue weighted by molar-refractivity contribution is 0.257. The molecule has 3 rings (SSSR count). The van der Waals surface area contributed by atoms with Gasteiger partial charge in [0, 0.05) is 0 Å². The van der Waals surface area contributed by atoms with Crippen LogP contribution in [0.5, 0.6) is 0 Å². The van der Waals surface area contributed by atoms with E-state index in [0.29, 0.717) is 21.4 Å². The summed E-state index contributed by atoms with van der Waals surface area (Å²) in [7, 11) is 0. The molecule has 0 radical (unpaired) electrons. The standard InChI is InChI=1S/C16H11Cl2N3OS/c1-9-2-4-10(5-3-9)20-14(19)15(23)21(16(20)22)11-6-7-12(17)13(18)8-11/h2-8,19H,1H3. The first kappa shape index (κ1) is 15.9. The average molecular weight is 364 g/mol. The minimum Gasteiger partial charge on any atom is -0.281 e. The summed E-state index contributed by atoms with van der Waals surface area (Å²) in [5.41, 5.74) is 2.14. The highest BCUT2D eigenvalue weighted by atomic mass is 35.5. The quantitative estimate of drug-likeness (QED) is 0.758. The smallest absolute Gasteiger partial charge is 0.281 e. The first-order valence-electron chi connectivity index (χ1n) is 6.69. The topological polar surface area (TPSA) is 47.4 Å². The molecule has 1 saturated heterocycles. The molecule has 0 atom stereocenters. The van der Waals surface area contributed by atoms with Crippen LogP contribution in [0.3, 0.4) is 0 Å². The van der Waals surface area contributed by atoms with Crippen LogP contribution in [-0.4, -0.2) is 16.9 Å². The number of halogens is 2. The predicted octanol–water partition coefficient (Wildman–Crippen LogP) is 5.05. The van der Waals surface area contributed by atoms with Gasteiger partial charge < -0.3 is 0 Å². The Balaban J connectivity index is 2.02. The van der Waals surface area contributed by atoms with Crippen molar-refractivity contribution in [2.24, 2.45) is 0 Å². The summed E-state index contributed by atoms with van der Waals surface area (Å²) >= 11 is 17.2. The van der Waals surface area contributed by atoms with Crippen molar-refractivity contribution in [2.45, 2.75) is 6.92 Å². The van der Waals surface area contributed by atoms with E-state index in [2.05, 4.69) is 0 Å². The molecule has 0 saturated carbocycles. The molecular formula is C16H11Cl2N3OS. The van der Waals surface area contributed by atoms with Crippen LogP contribution >= 0.6 is 35.4 Å². The lowest BCUT2D eigenvalue weighted by Gasteiger charge is -2.17. The fourth-order valence-corrected chi connectivity index (χ4v) is 2.84. The van der Waals surface area contributed by atoms with Crippen molar-refractivity contribution in [1.82, 2.24) is 0 Å². The van der Waals surface area contributed by atoms with Gasteiger partial charge in [-0.05, 0) is 37.3 Å². The number of nitrogens with one attached hydrogen (secondary N) is 1. The Kier molecular flexibility index (Phi) is 4.10. The van der Waals surface area contributed by atoms with E-state index < -0.39 is 6.03 Å². The molecule has 0 spiro atoms. The highest BCUT2D eigenvalue weighted by Gasteiger charge is 2.40. The Bertz CT molecular complexity index is 836. The second-order valence-corrected chi connectivity index (χ2v) is 6.24. The Morgan fingerprint density at radius 1 is 0.957 bits per heavy atom. The van der Waals surface area contributed by atoms with Gasteiger partial charge in [0.05, 0.1) is 21.4 Å². The molecule has 7 heteroatoms. The number of anilines is 2. The number of hydrogen-bond donors (Lipinski definition) is 1. The number of urea groups is 1. The molecule has 4 nitrogen and oxygen atoms in total. The van der Waals surface area contributed by atoms with Gasteiger partial charge in [-0.3, -0.25) is 5.41 Å². The van der Waals surface area contributed by atoms with Gasteiger partial charge in [-0.25, -0.2) is 14.6 Å². The van der Waals surface area contributed by atoms with E-state index in [1.54, 1.807) is 30.3 Å². The number of amidine groups is 1. The van der Waals surface area contributed by atoms with Crippen molar-refractivity contribution < 1.29 is 4.79 Å². The van der Waals surface area contributed by atoms with Crippen molar-refractivity contribution in [3.05, 3.63) is 58.1 Å². The summed E-state index contributed by atoms with van der Waals surface area (Å²) in [5.74, 6) is -0.0417. The number of thiocarbonyl (C=S) groups is 1. The van der Waals surface area contributed by atoms with Gasteiger partial charge in [-0.15, -0.1) is 0 Å². The molecule has 116 valence electrons. The van der Waals surface area contributed by atoms with Crippen LogP contribution in [0.15, 0.2) is 42.5 Å². The second kappa shape index (κ2) is 5.92. The van der Waals surface area contributed by atoms with Crippen molar-refractivity contribution >= 4 is 63.6 Å². The zero-order valence-corrected chi connectivity index (χ0v) is 14.3. The SMILES string of the molecule is Cc1ccc(N2C(=N)C(=S)N(c3ccc(Cl)c(Cl)c3)C2=O)cc1. The first-order chi connectivity index (χ1) is 10.9. The first-order valence-corrected chi connectivity index (χ1v) is 7.85. The number of aryl methyl sites for hydroxylation is 1. The van der Waals surface area contributed by atoms with E-state index in [4.69, 9.17) is 40.8 Å². The summed E-state index contributed by atoms with van der Waals surface area (Å²) < 4.78 is 0. The Morgan fingerprint density at radius 2 is 1.57 bits per heavy atom. The fourth-order valence-electron chi connectivity index (χ4n) is 2.27. The summed E-state index contributed by atoms with van der Waals surface area (Å²) in [6.45, 7) is 1.95. The van der Waals surface area contributed by atoms with Crippen LogP contribution in [0.2, 0.25) is 10.0 Å². The maximum absolute atomic E-state index is 12.8. The van der Waals surface area contributed by atoms with Gasteiger partial charge >= 0.3 is 6.03 Å². The largest absolute Gasteiger partial charge is 0.340 e. The van der Waals surface area contributed by atoms with E-state index in [1.165, 1.54) is 9.80 Å². The van der Waals surface area contributed by atoms with Crippen molar-refractivity contribution in [3.8, 4) is 0 Å². The predicted molar refractivity (Wildman–Crippen MR) is 98.3 cm³/mol. The third-order valence-corrected chi connectivity index (χ3v) is 4.58. The highest BCUT2D eigenvalue weighted by molar-refractivity contribution is 7.82. The molecule has 0 aromatic heterocycles. The number of rotatable bonds is 2. The zero-order valence-electron chi connectivity index (χ0n) is 12.0. The molecule has 1 aliphatic rings. The van der Waals surface area contributed by atoms with Gasteiger partial charge in [0.2, 0.25) is 0 Å². The summed E-state index contributed by atoms with van der Waals surface area (Å²) in [5, 5.41) is 8.88. The molecule has 1 fully saturated rings. The van der Waals surface area contributed by atoms with Gasteiger partial charge in [-0.1, -0.05) is 53.1 Å². The fraction of sp³-hybridized carbons (Fsp3) is 0.0625. The van der Waals surface area contributed by atoms with Gasteiger partial charge in [0.15, 0.2) is 10.8 Å². The maximum Gasteiger partial charge on any atom is 0.340 e. The van der Waals surface area contributed by atoms with Gasteiger partial charge in [0.1, 0.15) is 0 Å². The zero-order chi connectivity index (χ0) is 16.7. The second-order valence-electron chi connectivity index (χ2n) is 5.04. The van der Waals surface area contributed by atoms with E-state index >= 15 is 0 Å². The minimum atomic E-state index is -0.415. The molecule has 0 aliphatic carbocycles. The average Bonchev–Trinajstić information content (AvgIpc) is 2.74. The van der Waals surface area contributed by atoms with E-state index in [1.807, 2.05) is 19.1 Å². The number of carbonyl (C=O) groups is 1. The van der Waals surface area contributed by atoms with E-state index in [9.17, 15) is 4.79 Å². The number of benzene rings is 2. The van der Waals surface area contributed by atoms with Crippen LogP contribution in [-0.2, 0) is 0 Å². The number of nitrogens with zero attached hydrogens (tertiary/aromatic N) is 2. The van der Waals surface area contributed by atoms with Gasteiger partial charge in [0.25, 0.3) is 0 Å². The molecule has 0 bridgehead atoms. The summed E-state index contributed by atoms with van der Waals surface area (Å²) in [6.07, 6.45) is 0. The molecular weight excluding hydrogens is 353 g/mol. The van der Waals surface area contributed by atoms with E-state index in [0.717, 1.165) is 5.56 Å². The molecule has 2 aromatic rings. The molecule has 1 heterocycles. The van der Waals surface area contributed by atoms with Crippen LogP contribution in [0, 0.1) is 12.3 Å². The Hall–Kier alpha value is -1.95. The van der Waals surface area contributed by atoms with Crippen molar-refractivity contribution in [3.63, 3.8) is 0 Å². The van der Waals surface area contributed by atoms with Crippen LogP contribution < -0.4 is 9.80 Å². The summed E-state index contributed by atoms with van der Waals surface area (Å²) in [6, 6.07) is 11.7. The monoisotopic (exact) mass is 363 g/mol. The number of amides is 2. The third kappa shape index (κ3) is 2.72. The third-order valence-electron chi connectivity index (χ3n) is 3.47. The lowest BCUT2D eigenvalue weighted by Crippen LogP contribution is -2.33. The normalized spacial score (nSPS) is 14.8.